The van der Waals surface area contributed by atoms with Crippen LogP contribution in [0.2, 0.25) is 0 Å². The molecule has 3 N–H and O–H groups in total. The Morgan fingerprint density at radius 3 is 2.50 bits per heavy atom. The Morgan fingerprint density at radius 1 is 1.17 bits per heavy atom. The van der Waals surface area contributed by atoms with E-state index in [1.807, 2.05) is 13.8 Å². The fourth-order valence-electron chi connectivity index (χ4n) is 2.12. The number of carbonyl (C=O) groups is 1. The summed E-state index contributed by atoms with van der Waals surface area (Å²) in [5.41, 5.74) is 2.05. The number of aryl methyl sites for hydroxylation is 1. The van der Waals surface area contributed by atoms with E-state index in [1.54, 1.807) is 13.1 Å². The summed E-state index contributed by atoms with van der Waals surface area (Å²) in [4.78, 5) is 15.6. The average molecular weight is 450 g/mol. The Bertz CT molecular complexity index is 537. The van der Waals surface area contributed by atoms with E-state index >= 15 is 0 Å². The molecule has 0 unspecified atom stereocenters. The zero-order chi connectivity index (χ0) is 17.1. The molecule has 0 aromatic heterocycles. The summed E-state index contributed by atoms with van der Waals surface area (Å²) >= 11 is 0. The van der Waals surface area contributed by atoms with Crippen LogP contribution in [0.25, 0.3) is 0 Å². The predicted molar refractivity (Wildman–Crippen MR) is 108 cm³/mol. The SMILES string of the molecule is CCCNC(=O)CCNC(=NC)NCCc1ccc(F)cc1C.I. The first-order valence-corrected chi connectivity index (χ1v) is 8.03. The number of carbonyl (C=O) groups excluding carboxylic acids is 1. The van der Waals surface area contributed by atoms with Gasteiger partial charge < -0.3 is 16.0 Å². The number of nitrogens with one attached hydrogen (secondary N) is 3. The lowest BCUT2D eigenvalue weighted by Crippen LogP contribution is -2.40. The van der Waals surface area contributed by atoms with Crippen LogP contribution >= 0.6 is 24.0 Å². The predicted octanol–water partition coefficient (Wildman–Crippen LogP) is 2.38. The van der Waals surface area contributed by atoms with E-state index in [9.17, 15) is 9.18 Å². The maximum absolute atomic E-state index is 13.1. The zero-order valence-electron chi connectivity index (χ0n) is 14.6. The molecule has 0 atom stereocenters. The number of hydrogen-bond donors (Lipinski definition) is 3. The van der Waals surface area contributed by atoms with E-state index in [-0.39, 0.29) is 35.7 Å². The lowest BCUT2D eigenvalue weighted by Gasteiger charge is -2.12. The molecule has 0 saturated heterocycles. The van der Waals surface area contributed by atoms with Gasteiger partial charge in [-0.1, -0.05) is 13.0 Å². The van der Waals surface area contributed by atoms with Gasteiger partial charge in [0.15, 0.2) is 5.96 Å². The highest BCUT2D eigenvalue weighted by Gasteiger charge is 2.03. The smallest absolute Gasteiger partial charge is 0.221 e. The molecule has 0 aliphatic rings. The number of guanidine groups is 1. The monoisotopic (exact) mass is 450 g/mol. The summed E-state index contributed by atoms with van der Waals surface area (Å²) in [6.45, 7) is 5.86. The largest absolute Gasteiger partial charge is 0.356 e. The number of hydrogen-bond acceptors (Lipinski definition) is 2. The molecule has 1 aromatic carbocycles. The Balaban J connectivity index is 0.00000529. The maximum atomic E-state index is 13.1. The van der Waals surface area contributed by atoms with Crippen molar-refractivity contribution < 1.29 is 9.18 Å². The molecule has 0 spiro atoms. The second-order valence-corrected chi connectivity index (χ2v) is 5.35. The third kappa shape index (κ3) is 9.05. The summed E-state index contributed by atoms with van der Waals surface area (Å²) in [5.74, 6) is 0.489. The van der Waals surface area contributed by atoms with Crippen molar-refractivity contribution in [3.63, 3.8) is 0 Å². The van der Waals surface area contributed by atoms with E-state index in [1.165, 1.54) is 12.1 Å². The van der Waals surface area contributed by atoms with Crippen molar-refractivity contribution in [2.45, 2.75) is 33.1 Å². The molecule has 0 aliphatic heterocycles. The number of halogens is 2. The number of amides is 1. The molecule has 0 fully saturated rings. The topological polar surface area (TPSA) is 65.5 Å². The summed E-state index contributed by atoms with van der Waals surface area (Å²) in [6.07, 6.45) is 2.13. The normalized spacial score (nSPS) is 10.8. The molecular formula is C17H28FIN4O. The molecule has 0 radical (unpaired) electrons. The van der Waals surface area contributed by atoms with Crippen molar-refractivity contribution in [3.8, 4) is 0 Å². The average Bonchev–Trinajstić information content (AvgIpc) is 2.53. The van der Waals surface area contributed by atoms with Gasteiger partial charge in [0.05, 0.1) is 0 Å². The molecule has 5 nitrogen and oxygen atoms in total. The Labute approximate surface area is 160 Å². The van der Waals surface area contributed by atoms with Crippen LogP contribution in [-0.4, -0.2) is 38.5 Å². The fraction of sp³-hybridized carbons (Fsp3) is 0.529. The zero-order valence-corrected chi connectivity index (χ0v) is 16.9. The van der Waals surface area contributed by atoms with Crippen molar-refractivity contribution in [2.75, 3.05) is 26.7 Å². The van der Waals surface area contributed by atoms with Gasteiger partial charge in [-0.2, -0.15) is 0 Å². The van der Waals surface area contributed by atoms with Crippen LogP contribution < -0.4 is 16.0 Å². The number of nitrogens with zero attached hydrogens (tertiary/aromatic N) is 1. The van der Waals surface area contributed by atoms with E-state index in [0.717, 1.165) is 24.0 Å². The van der Waals surface area contributed by atoms with Crippen LogP contribution in [-0.2, 0) is 11.2 Å². The van der Waals surface area contributed by atoms with Gasteiger partial charge in [-0.3, -0.25) is 9.79 Å². The standard InChI is InChI=1S/C17H27FN4O.HI/c1-4-9-20-16(23)8-11-22-17(19-3)21-10-7-14-5-6-15(18)12-13(14)2;/h5-6,12H,4,7-11H2,1-3H3,(H,20,23)(H2,19,21,22);1H. The Morgan fingerprint density at radius 2 is 1.88 bits per heavy atom. The van der Waals surface area contributed by atoms with Gasteiger partial charge in [0, 0.05) is 33.1 Å². The molecule has 1 aromatic rings. The van der Waals surface area contributed by atoms with Crippen LogP contribution in [0.5, 0.6) is 0 Å². The summed E-state index contributed by atoms with van der Waals surface area (Å²) < 4.78 is 13.1. The summed E-state index contributed by atoms with van der Waals surface area (Å²) in [5, 5.41) is 9.12. The molecule has 1 amide bonds. The van der Waals surface area contributed by atoms with Gasteiger partial charge in [0.25, 0.3) is 0 Å². The maximum Gasteiger partial charge on any atom is 0.221 e. The van der Waals surface area contributed by atoms with Crippen molar-refractivity contribution in [1.29, 1.82) is 0 Å². The Kier molecular flexibility index (Phi) is 12.2. The van der Waals surface area contributed by atoms with E-state index in [0.29, 0.717) is 32.0 Å². The molecule has 0 saturated carbocycles. The third-order valence-electron chi connectivity index (χ3n) is 3.43. The highest BCUT2D eigenvalue weighted by molar-refractivity contribution is 14.0. The van der Waals surface area contributed by atoms with Gasteiger partial charge in [-0.25, -0.2) is 4.39 Å². The van der Waals surface area contributed by atoms with Gasteiger partial charge >= 0.3 is 0 Å². The second kappa shape index (κ2) is 13.0. The first kappa shape index (κ1) is 22.6. The second-order valence-electron chi connectivity index (χ2n) is 5.35. The quantitative estimate of drug-likeness (QED) is 0.324. The first-order chi connectivity index (χ1) is 11.1. The first-order valence-electron chi connectivity index (χ1n) is 8.03. The van der Waals surface area contributed by atoms with Crippen molar-refractivity contribution >= 4 is 35.8 Å². The van der Waals surface area contributed by atoms with Gasteiger partial charge in [0.1, 0.15) is 5.82 Å². The lowest BCUT2D eigenvalue weighted by molar-refractivity contribution is -0.120. The minimum atomic E-state index is -0.210. The van der Waals surface area contributed by atoms with Gasteiger partial charge in [0.2, 0.25) is 5.91 Å². The number of rotatable bonds is 8. The van der Waals surface area contributed by atoms with Crippen LogP contribution in [0.3, 0.4) is 0 Å². The highest BCUT2D eigenvalue weighted by Crippen LogP contribution is 2.10. The van der Waals surface area contributed by atoms with Gasteiger partial charge in [-0.15, -0.1) is 24.0 Å². The van der Waals surface area contributed by atoms with Gasteiger partial charge in [-0.05, 0) is 43.0 Å². The molecule has 136 valence electrons. The minimum absolute atomic E-state index is 0. The lowest BCUT2D eigenvalue weighted by atomic mass is 10.1. The van der Waals surface area contributed by atoms with Crippen molar-refractivity contribution in [1.82, 2.24) is 16.0 Å². The summed E-state index contributed by atoms with van der Waals surface area (Å²) in [6, 6.07) is 4.82. The molecule has 7 heteroatoms. The minimum Gasteiger partial charge on any atom is -0.356 e. The van der Waals surface area contributed by atoms with Crippen molar-refractivity contribution in [2.24, 2.45) is 4.99 Å². The van der Waals surface area contributed by atoms with Crippen LogP contribution in [0.1, 0.15) is 30.9 Å². The molecular weight excluding hydrogens is 422 g/mol. The summed E-state index contributed by atoms with van der Waals surface area (Å²) in [7, 11) is 1.69. The molecule has 0 aliphatic carbocycles. The van der Waals surface area contributed by atoms with Crippen LogP contribution in [0.15, 0.2) is 23.2 Å². The third-order valence-corrected chi connectivity index (χ3v) is 3.43. The van der Waals surface area contributed by atoms with E-state index in [2.05, 4.69) is 20.9 Å². The number of benzene rings is 1. The molecule has 0 bridgehead atoms. The van der Waals surface area contributed by atoms with E-state index in [4.69, 9.17) is 0 Å². The number of aliphatic imine (C=N–C) groups is 1. The van der Waals surface area contributed by atoms with E-state index < -0.39 is 0 Å². The van der Waals surface area contributed by atoms with Crippen molar-refractivity contribution in [3.05, 3.63) is 35.1 Å². The van der Waals surface area contributed by atoms with Crippen LogP contribution in [0.4, 0.5) is 4.39 Å². The Hall–Kier alpha value is -1.38. The molecule has 1 rings (SSSR count). The fourth-order valence-corrected chi connectivity index (χ4v) is 2.12. The van der Waals surface area contributed by atoms with Crippen LogP contribution in [0, 0.1) is 12.7 Å². The highest BCUT2D eigenvalue weighted by atomic mass is 127. The molecule has 0 heterocycles. The molecule has 24 heavy (non-hydrogen) atoms.